The Labute approximate surface area is 156 Å². The summed E-state index contributed by atoms with van der Waals surface area (Å²) in [5, 5.41) is 5.87. The summed E-state index contributed by atoms with van der Waals surface area (Å²) in [4.78, 5) is 24.3. The van der Waals surface area contributed by atoms with Gasteiger partial charge in [-0.05, 0) is 39.0 Å². The fraction of sp³-hybridized carbons (Fsp3) is 0.889. The van der Waals surface area contributed by atoms with Crippen LogP contribution in [0.1, 0.15) is 59.3 Å². The minimum atomic E-state index is -0.512. The van der Waals surface area contributed by atoms with Gasteiger partial charge in [0.1, 0.15) is 5.60 Å². The van der Waals surface area contributed by atoms with Gasteiger partial charge in [0.05, 0.1) is 0 Å². The van der Waals surface area contributed by atoms with E-state index in [4.69, 9.17) is 10.5 Å². The predicted octanol–water partition coefficient (Wildman–Crippen LogP) is 2.66. The second-order valence-corrected chi connectivity index (χ2v) is 9.07. The first-order valence-electron chi connectivity index (χ1n) is 9.28. The van der Waals surface area contributed by atoms with Crippen LogP contribution in [0.3, 0.4) is 0 Å². The molecular weight excluding hydrogens is 338 g/mol. The minimum absolute atomic E-state index is 0.0706. The average Bonchev–Trinajstić information content (AvgIpc) is 2.52. The molecular formula is C18H35N3O3S. The molecule has 0 saturated heterocycles. The summed E-state index contributed by atoms with van der Waals surface area (Å²) < 4.78 is 5.32. The molecule has 1 rings (SSSR count). The molecule has 7 heteroatoms. The van der Waals surface area contributed by atoms with Gasteiger partial charge in [0.15, 0.2) is 0 Å². The molecule has 0 atom stereocenters. The number of carbonyl (C=O) groups excluding carboxylic acids is 2. The minimum Gasteiger partial charge on any atom is -0.444 e. The number of hydrogen-bond acceptors (Lipinski definition) is 5. The van der Waals surface area contributed by atoms with Crippen molar-refractivity contribution in [1.29, 1.82) is 0 Å². The number of ether oxygens (including phenoxy) is 1. The number of nitrogens with one attached hydrogen (secondary N) is 2. The fourth-order valence-corrected chi connectivity index (χ4v) is 3.76. The van der Waals surface area contributed by atoms with E-state index < -0.39 is 11.7 Å². The molecule has 4 N–H and O–H groups in total. The van der Waals surface area contributed by atoms with Crippen molar-refractivity contribution < 1.29 is 14.3 Å². The van der Waals surface area contributed by atoms with Crippen molar-refractivity contribution in [3.05, 3.63) is 0 Å². The van der Waals surface area contributed by atoms with Crippen LogP contribution in [0.5, 0.6) is 0 Å². The summed E-state index contributed by atoms with van der Waals surface area (Å²) in [6.07, 6.45) is 5.41. The highest BCUT2D eigenvalue weighted by Crippen LogP contribution is 2.38. The molecule has 0 aromatic heterocycles. The number of nitrogens with two attached hydrogens (primary N) is 1. The third-order valence-corrected chi connectivity index (χ3v) is 5.30. The molecule has 0 aromatic carbocycles. The van der Waals surface area contributed by atoms with Gasteiger partial charge in [-0.25, -0.2) is 4.79 Å². The molecule has 2 amide bonds. The Bertz CT molecular complexity index is 418. The Kier molecular flexibility index (Phi) is 9.64. The number of alkyl carbamates (subject to hydrolysis) is 1. The third kappa shape index (κ3) is 9.94. The number of carbonyl (C=O) groups is 2. The van der Waals surface area contributed by atoms with E-state index in [9.17, 15) is 9.59 Å². The summed E-state index contributed by atoms with van der Waals surface area (Å²) in [6, 6.07) is 0. The number of thioether (sulfide) groups is 1. The van der Waals surface area contributed by atoms with Crippen molar-refractivity contribution in [2.24, 2.45) is 11.1 Å². The number of rotatable bonds is 9. The van der Waals surface area contributed by atoms with Crippen LogP contribution in [0.4, 0.5) is 4.79 Å². The van der Waals surface area contributed by atoms with E-state index in [0.717, 1.165) is 37.2 Å². The Morgan fingerprint density at radius 2 is 1.80 bits per heavy atom. The first kappa shape index (κ1) is 22.1. The number of amides is 2. The zero-order chi connectivity index (χ0) is 18.8. The summed E-state index contributed by atoms with van der Waals surface area (Å²) >= 11 is 1.75. The van der Waals surface area contributed by atoms with Gasteiger partial charge >= 0.3 is 6.09 Å². The molecule has 0 aliphatic heterocycles. The molecule has 0 bridgehead atoms. The van der Waals surface area contributed by atoms with Crippen molar-refractivity contribution in [2.75, 3.05) is 31.1 Å². The monoisotopic (exact) mass is 373 g/mol. The van der Waals surface area contributed by atoms with Crippen molar-refractivity contribution in [3.8, 4) is 0 Å². The number of hydrogen-bond donors (Lipinski definition) is 3. The molecule has 0 heterocycles. The smallest absolute Gasteiger partial charge is 0.407 e. The highest BCUT2D eigenvalue weighted by atomic mass is 32.2. The third-order valence-electron chi connectivity index (χ3n) is 4.29. The second-order valence-electron chi connectivity index (χ2n) is 7.84. The molecule has 0 spiro atoms. The average molecular weight is 374 g/mol. The lowest BCUT2D eigenvalue weighted by atomic mass is 9.71. The standard InChI is InChI=1S/C18H35N3O3S/c1-17(2,3)24-16(23)21-14-18(7-5-4-6-8-18)13-15(22)20-10-12-25-11-9-19/h4-14,19H2,1-3H3,(H,20,22)(H,21,23). The summed E-state index contributed by atoms with van der Waals surface area (Å²) in [6.45, 7) is 7.37. The molecule has 0 radical (unpaired) electrons. The van der Waals surface area contributed by atoms with Crippen molar-refractivity contribution >= 4 is 23.8 Å². The molecule has 6 nitrogen and oxygen atoms in total. The largest absolute Gasteiger partial charge is 0.444 e. The van der Waals surface area contributed by atoms with Gasteiger partial charge in [-0.3, -0.25) is 4.79 Å². The maximum Gasteiger partial charge on any atom is 0.407 e. The Balaban J connectivity index is 2.46. The first-order chi connectivity index (χ1) is 11.8. The van der Waals surface area contributed by atoms with Crippen molar-refractivity contribution in [3.63, 3.8) is 0 Å². The van der Waals surface area contributed by atoms with Crippen LogP contribution in [0.25, 0.3) is 0 Å². The quantitative estimate of drug-likeness (QED) is 0.540. The molecule has 25 heavy (non-hydrogen) atoms. The lowest BCUT2D eigenvalue weighted by Gasteiger charge is -2.37. The van der Waals surface area contributed by atoms with Gasteiger partial charge in [0, 0.05) is 37.6 Å². The topological polar surface area (TPSA) is 93.4 Å². The molecule has 1 aliphatic rings. The van der Waals surface area contributed by atoms with E-state index >= 15 is 0 Å². The van der Waals surface area contributed by atoms with Gasteiger partial charge in [-0.2, -0.15) is 11.8 Å². The van der Waals surface area contributed by atoms with E-state index in [1.54, 1.807) is 11.8 Å². The molecule has 1 saturated carbocycles. The van der Waals surface area contributed by atoms with Crippen molar-refractivity contribution in [1.82, 2.24) is 10.6 Å². The van der Waals surface area contributed by atoms with Crippen LogP contribution in [0.2, 0.25) is 0 Å². The predicted molar refractivity (Wildman–Crippen MR) is 104 cm³/mol. The van der Waals surface area contributed by atoms with Crippen LogP contribution < -0.4 is 16.4 Å². The Morgan fingerprint density at radius 3 is 2.40 bits per heavy atom. The zero-order valence-corrected chi connectivity index (χ0v) is 16.8. The van der Waals surface area contributed by atoms with Gasteiger partial charge in [-0.15, -0.1) is 0 Å². The molecule has 0 aromatic rings. The van der Waals surface area contributed by atoms with Crippen LogP contribution in [-0.2, 0) is 9.53 Å². The maximum atomic E-state index is 12.3. The van der Waals surface area contributed by atoms with Gasteiger partial charge in [-0.1, -0.05) is 19.3 Å². The highest BCUT2D eigenvalue weighted by Gasteiger charge is 2.35. The first-order valence-corrected chi connectivity index (χ1v) is 10.4. The van der Waals surface area contributed by atoms with E-state index in [-0.39, 0.29) is 11.3 Å². The van der Waals surface area contributed by atoms with Gasteiger partial charge in [0.2, 0.25) is 5.91 Å². The van der Waals surface area contributed by atoms with Crippen LogP contribution >= 0.6 is 11.8 Å². The molecule has 146 valence electrons. The maximum absolute atomic E-state index is 12.3. The Hall–Kier alpha value is -0.950. The summed E-state index contributed by atoms with van der Waals surface area (Å²) in [5.41, 5.74) is 4.79. The SMILES string of the molecule is CC(C)(C)OC(=O)NCC1(CC(=O)NCCSCCN)CCCCC1. The molecule has 1 fully saturated rings. The second kappa shape index (κ2) is 10.9. The zero-order valence-electron chi connectivity index (χ0n) is 16.0. The normalized spacial score (nSPS) is 17.0. The van der Waals surface area contributed by atoms with E-state index in [1.165, 1.54) is 6.42 Å². The van der Waals surface area contributed by atoms with Crippen molar-refractivity contribution in [2.45, 2.75) is 64.9 Å². The van der Waals surface area contributed by atoms with Gasteiger partial charge in [0.25, 0.3) is 0 Å². The van der Waals surface area contributed by atoms with E-state index in [2.05, 4.69) is 10.6 Å². The lowest BCUT2D eigenvalue weighted by Crippen LogP contribution is -2.44. The fourth-order valence-electron chi connectivity index (χ4n) is 3.14. The lowest BCUT2D eigenvalue weighted by molar-refractivity contribution is -0.123. The van der Waals surface area contributed by atoms with E-state index in [0.29, 0.717) is 26.1 Å². The molecule has 1 aliphatic carbocycles. The highest BCUT2D eigenvalue weighted by molar-refractivity contribution is 7.99. The van der Waals surface area contributed by atoms with Gasteiger partial charge < -0.3 is 21.1 Å². The van der Waals surface area contributed by atoms with E-state index in [1.807, 2.05) is 20.8 Å². The van der Waals surface area contributed by atoms with Crippen LogP contribution in [0, 0.1) is 5.41 Å². The van der Waals surface area contributed by atoms with Crippen LogP contribution in [-0.4, -0.2) is 48.7 Å². The molecule has 0 unspecified atom stereocenters. The summed E-state index contributed by atoms with van der Waals surface area (Å²) in [5.74, 6) is 1.87. The van der Waals surface area contributed by atoms with Crippen LogP contribution in [0.15, 0.2) is 0 Å². The Morgan fingerprint density at radius 1 is 1.12 bits per heavy atom. The summed E-state index contributed by atoms with van der Waals surface area (Å²) in [7, 11) is 0.